The second-order valence-electron chi connectivity index (χ2n) is 4.10. The van der Waals surface area contributed by atoms with Gasteiger partial charge in [0, 0.05) is 10.5 Å². The van der Waals surface area contributed by atoms with Crippen LogP contribution >= 0.6 is 23.1 Å². The fourth-order valence-electron chi connectivity index (χ4n) is 2.03. The lowest BCUT2D eigenvalue weighted by molar-refractivity contribution is 1.42. The molecule has 0 spiro atoms. The van der Waals surface area contributed by atoms with Crippen molar-refractivity contribution in [1.82, 2.24) is 0 Å². The minimum atomic E-state index is 0.115. The van der Waals surface area contributed by atoms with E-state index in [0.717, 1.165) is 16.3 Å². The molecule has 0 aliphatic rings. The lowest BCUT2D eigenvalue weighted by Crippen LogP contribution is -2.11. The zero-order chi connectivity index (χ0) is 13.2. The van der Waals surface area contributed by atoms with E-state index in [2.05, 4.69) is 23.6 Å². The van der Waals surface area contributed by atoms with Crippen molar-refractivity contribution in [2.24, 2.45) is 5.73 Å². The highest BCUT2D eigenvalue weighted by Gasteiger charge is 2.08. The highest BCUT2D eigenvalue weighted by Crippen LogP contribution is 2.36. The fraction of sp³-hybridized carbons (Fsp3) is 0. The van der Waals surface area contributed by atoms with Crippen LogP contribution in [0.2, 0.25) is 0 Å². The molecule has 0 atom stereocenters. The van der Waals surface area contributed by atoms with Gasteiger partial charge in [0.05, 0.1) is 4.21 Å². The van der Waals surface area contributed by atoms with E-state index < -0.39 is 0 Å². The van der Waals surface area contributed by atoms with Gasteiger partial charge in [-0.3, -0.25) is 5.41 Å². The number of rotatable bonds is 3. The van der Waals surface area contributed by atoms with Gasteiger partial charge < -0.3 is 5.73 Å². The van der Waals surface area contributed by atoms with Crippen molar-refractivity contribution in [3.63, 3.8) is 0 Å². The predicted octanol–water partition coefficient (Wildman–Crippen LogP) is 4.34. The van der Waals surface area contributed by atoms with Crippen LogP contribution < -0.4 is 5.73 Å². The zero-order valence-corrected chi connectivity index (χ0v) is 11.7. The zero-order valence-electron chi connectivity index (χ0n) is 10.1. The third-order valence-corrected chi connectivity index (χ3v) is 4.99. The van der Waals surface area contributed by atoms with Crippen LogP contribution in [-0.2, 0) is 0 Å². The Labute approximate surface area is 119 Å². The molecule has 19 heavy (non-hydrogen) atoms. The molecule has 0 aliphatic heterocycles. The second-order valence-corrected chi connectivity index (χ2v) is 6.39. The number of nitrogens with one attached hydrogen (secondary N) is 1. The number of hydrogen-bond acceptors (Lipinski definition) is 3. The average molecular weight is 284 g/mol. The van der Waals surface area contributed by atoms with Crippen LogP contribution in [0.25, 0.3) is 10.8 Å². The highest BCUT2D eigenvalue weighted by atomic mass is 32.2. The molecule has 3 aromatic rings. The Hall–Kier alpha value is -1.78. The first kappa shape index (κ1) is 12.3. The topological polar surface area (TPSA) is 49.9 Å². The van der Waals surface area contributed by atoms with Gasteiger partial charge in [0.2, 0.25) is 0 Å². The van der Waals surface area contributed by atoms with Gasteiger partial charge in [-0.1, -0.05) is 42.1 Å². The van der Waals surface area contributed by atoms with Crippen LogP contribution in [0.15, 0.2) is 63.0 Å². The number of benzene rings is 2. The molecule has 3 rings (SSSR count). The average Bonchev–Trinajstić information content (AvgIpc) is 2.91. The summed E-state index contributed by atoms with van der Waals surface area (Å²) in [5.41, 5.74) is 6.44. The van der Waals surface area contributed by atoms with Gasteiger partial charge in [0.15, 0.2) is 0 Å². The first-order valence-electron chi connectivity index (χ1n) is 5.83. The molecule has 0 fully saturated rings. The summed E-state index contributed by atoms with van der Waals surface area (Å²) < 4.78 is 1.26. The molecule has 0 aliphatic carbocycles. The van der Waals surface area contributed by atoms with Gasteiger partial charge in [0.1, 0.15) is 5.84 Å². The molecule has 0 saturated heterocycles. The summed E-state index contributed by atoms with van der Waals surface area (Å²) in [7, 11) is 0. The van der Waals surface area contributed by atoms with E-state index in [-0.39, 0.29) is 5.84 Å². The summed E-state index contributed by atoms with van der Waals surface area (Å²) in [5.74, 6) is 0.115. The van der Waals surface area contributed by atoms with Crippen LogP contribution in [0.4, 0.5) is 0 Å². The molecule has 0 saturated carbocycles. The van der Waals surface area contributed by atoms with Crippen LogP contribution in [0.1, 0.15) is 5.56 Å². The molecule has 0 amide bonds. The molecule has 0 unspecified atom stereocenters. The van der Waals surface area contributed by atoms with Crippen molar-refractivity contribution in [2.75, 3.05) is 0 Å². The third-order valence-electron chi connectivity index (χ3n) is 2.88. The normalized spacial score (nSPS) is 10.7. The van der Waals surface area contributed by atoms with Crippen molar-refractivity contribution in [3.05, 3.63) is 59.5 Å². The maximum absolute atomic E-state index is 7.66. The quantitative estimate of drug-likeness (QED) is 0.555. The first-order chi connectivity index (χ1) is 9.25. The van der Waals surface area contributed by atoms with Crippen molar-refractivity contribution in [1.29, 1.82) is 5.41 Å². The van der Waals surface area contributed by atoms with Crippen LogP contribution in [0.3, 0.4) is 0 Å². The van der Waals surface area contributed by atoms with E-state index in [9.17, 15) is 0 Å². The monoisotopic (exact) mass is 284 g/mol. The SMILES string of the molecule is N=C(N)c1ccc(Sc2cccs2)c2ccccc12. The molecule has 94 valence electrons. The van der Waals surface area contributed by atoms with Gasteiger partial charge in [0.25, 0.3) is 0 Å². The molecule has 2 aromatic carbocycles. The van der Waals surface area contributed by atoms with Crippen molar-refractivity contribution < 1.29 is 0 Å². The van der Waals surface area contributed by atoms with E-state index in [1.165, 1.54) is 9.10 Å². The first-order valence-corrected chi connectivity index (χ1v) is 7.53. The Morgan fingerprint density at radius 1 is 1.00 bits per heavy atom. The van der Waals surface area contributed by atoms with Crippen molar-refractivity contribution >= 4 is 39.7 Å². The summed E-state index contributed by atoms with van der Waals surface area (Å²) in [6.45, 7) is 0. The van der Waals surface area contributed by atoms with Gasteiger partial charge in [-0.2, -0.15) is 0 Å². The molecular weight excluding hydrogens is 272 g/mol. The third kappa shape index (κ3) is 2.37. The summed E-state index contributed by atoms with van der Waals surface area (Å²) in [6, 6.07) is 16.2. The Morgan fingerprint density at radius 3 is 2.47 bits per heavy atom. The van der Waals surface area contributed by atoms with E-state index in [4.69, 9.17) is 11.1 Å². The van der Waals surface area contributed by atoms with E-state index >= 15 is 0 Å². The maximum Gasteiger partial charge on any atom is 0.123 e. The molecule has 0 bridgehead atoms. The van der Waals surface area contributed by atoms with Crippen molar-refractivity contribution in [3.8, 4) is 0 Å². The molecule has 2 nitrogen and oxygen atoms in total. The van der Waals surface area contributed by atoms with Gasteiger partial charge in [-0.15, -0.1) is 11.3 Å². The van der Waals surface area contributed by atoms with Crippen molar-refractivity contribution in [2.45, 2.75) is 9.10 Å². The van der Waals surface area contributed by atoms with E-state index in [0.29, 0.717) is 0 Å². The Morgan fingerprint density at radius 2 is 1.79 bits per heavy atom. The van der Waals surface area contributed by atoms with Gasteiger partial charge >= 0.3 is 0 Å². The van der Waals surface area contributed by atoms with Crippen LogP contribution in [-0.4, -0.2) is 5.84 Å². The maximum atomic E-state index is 7.66. The van der Waals surface area contributed by atoms with Gasteiger partial charge in [-0.25, -0.2) is 0 Å². The fourth-order valence-corrected chi connectivity index (χ4v) is 3.89. The van der Waals surface area contributed by atoms with E-state index in [1.54, 1.807) is 23.1 Å². The molecule has 3 N–H and O–H groups in total. The summed E-state index contributed by atoms with van der Waals surface area (Å²) in [6.07, 6.45) is 0. The number of nitrogen functional groups attached to an aromatic ring is 1. The molecule has 1 heterocycles. The van der Waals surface area contributed by atoms with Crippen LogP contribution in [0.5, 0.6) is 0 Å². The molecule has 1 aromatic heterocycles. The number of hydrogen-bond donors (Lipinski definition) is 2. The van der Waals surface area contributed by atoms with E-state index in [1.807, 2.05) is 30.3 Å². The minimum Gasteiger partial charge on any atom is -0.384 e. The summed E-state index contributed by atoms with van der Waals surface area (Å²) in [5, 5.41) is 11.9. The standard InChI is InChI=1S/C15H12N2S2/c16-15(17)12-7-8-13(19-14-6-3-9-18-14)11-5-2-1-4-10(11)12/h1-9H,(H3,16,17). The Bertz CT molecular complexity index is 733. The number of amidine groups is 1. The summed E-state index contributed by atoms with van der Waals surface area (Å²) in [4.78, 5) is 1.20. The number of nitrogens with two attached hydrogens (primary N) is 1. The smallest absolute Gasteiger partial charge is 0.123 e. The number of fused-ring (bicyclic) bond motifs is 1. The molecule has 0 radical (unpaired) electrons. The van der Waals surface area contributed by atoms with Crippen LogP contribution in [0, 0.1) is 5.41 Å². The Balaban J connectivity index is 2.16. The van der Waals surface area contributed by atoms with Gasteiger partial charge in [-0.05, 0) is 34.4 Å². The largest absolute Gasteiger partial charge is 0.384 e. The predicted molar refractivity (Wildman–Crippen MR) is 83.4 cm³/mol. The lowest BCUT2D eigenvalue weighted by Gasteiger charge is -2.09. The number of thiophene rings is 1. The lowest BCUT2D eigenvalue weighted by atomic mass is 10.0. The second kappa shape index (κ2) is 5.07. The Kier molecular flexibility index (Phi) is 3.27. The summed E-state index contributed by atoms with van der Waals surface area (Å²) >= 11 is 3.48. The highest BCUT2D eigenvalue weighted by molar-refractivity contribution is 8.01. The molecular formula is C15H12N2S2. The molecule has 4 heteroatoms. The minimum absolute atomic E-state index is 0.115.